The van der Waals surface area contributed by atoms with Crippen LogP contribution in [0.15, 0.2) is 18.3 Å². The highest BCUT2D eigenvalue weighted by molar-refractivity contribution is 5.72. The largest absolute Gasteiger partial charge is 0.449 e. The summed E-state index contributed by atoms with van der Waals surface area (Å²) in [6, 6.07) is 3.78. The van der Waals surface area contributed by atoms with Gasteiger partial charge >= 0.3 is 6.09 Å². The van der Waals surface area contributed by atoms with E-state index in [-0.39, 0.29) is 6.09 Å². The highest BCUT2D eigenvalue weighted by Gasteiger charge is 2.14. The van der Waals surface area contributed by atoms with Gasteiger partial charge in [-0.1, -0.05) is 0 Å². The molecule has 0 spiro atoms. The van der Waals surface area contributed by atoms with Crippen LogP contribution < -0.4 is 0 Å². The van der Waals surface area contributed by atoms with Gasteiger partial charge in [-0.15, -0.1) is 0 Å². The number of nitrogens with zero attached hydrogens (tertiary/aromatic N) is 1. The van der Waals surface area contributed by atoms with Gasteiger partial charge in [-0.2, -0.15) is 0 Å². The van der Waals surface area contributed by atoms with Crippen LogP contribution >= 0.6 is 0 Å². The summed E-state index contributed by atoms with van der Waals surface area (Å²) in [5.74, 6) is 0. The van der Waals surface area contributed by atoms with Gasteiger partial charge in [0.2, 0.25) is 0 Å². The Morgan fingerprint density at radius 1 is 1.60 bits per heavy atom. The molecule has 52 valence electrons. The van der Waals surface area contributed by atoms with Crippen molar-refractivity contribution >= 4 is 6.09 Å². The zero-order valence-corrected chi connectivity index (χ0v) is 5.41. The molecular weight excluding hydrogens is 130 g/mol. The Kier molecular flexibility index (Phi) is 1.03. The maximum absolute atomic E-state index is 10.9. The molecule has 10 heavy (non-hydrogen) atoms. The lowest BCUT2D eigenvalue weighted by atomic mass is 10.3. The van der Waals surface area contributed by atoms with E-state index in [1.807, 2.05) is 12.1 Å². The number of aromatic nitrogens is 1. The molecular formula is C7H7NO2. The van der Waals surface area contributed by atoms with E-state index in [4.69, 9.17) is 4.74 Å². The summed E-state index contributed by atoms with van der Waals surface area (Å²) in [6.45, 7) is 0.517. The van der Waals surface area contributed by atoms with E-state index < -0.39 is 0 Å². The van der Waals surface area contributed by atoms with E-state index in [1.165, 1.54) is 4.57 Å². The topological polar surface area (TPSA) is 31.2 Å². The van der Waals surface area contributed by atoms with Crippen LogP contribution in [0, 0.1) is 0 Å². The first kappa shape index (κ1) is 5.53. The van der Waals surface area contributed by atoms with Crippen LogP contribution in [0.4, 0.5) is 4.79 Å². The van der Waals surface area contributed by atoms with E-state index in [2.05, 4.69) is 0 Å². The molecule has 0 aromatic carbocycles. The molecule has 0 amide bonds. The van der Waals surface area contributed by atoms with Gasteiger partial charge in [0.15, 0.2) is 0 Å². The average Bonchev–Trinajstić information content (AvgIpc) is 2.36. The first-order chi connectivity index (χ1) is 4.88. The molecule has 0 N–H and O–H groups in total. The number of fused-ring (bicyclic) bond motifs is 1. The monoisotopic (exact) mass is 137 g/mol. The smallest absolute Gasteiger partial charge is 0.418 e. The number of hydrogen-bond acceptors (Lipinski definition) is 2. The number of hydrogen-bond donors (Lipinski definition) is 0. The third-order valence-corrected chi connectivity index (χ3v) is 1.61. The van der Waals surface area contributed by atoms with Crippen LogP contribution in [0.5, 0.6) is 0 Å². The summed E-state index contributed by atoms with van der Waals surface area (Å²) in [7, 11) is 0. The molecule has 1 aliphatic heterocycles. The maximum Gasteiger partial charge on any atom is 0.418 e. The minimum atomic E-state index is -0.258. The van der Waals surface area contributed by atoms with Crippen LogP contribution in [-0.2, 0) is 11.2 Å². The number of carbonyl (C=O) groups is 1. The van der Waals surface area contributed by atoms with Gasteiger partial charge in [0.05, 0.1) is 6.61 Å². The second kappa shape index (κ2) is 1.87. The fraction of sp³-hybridized carbons (Fsp3) is 0.286. The van der Waals surface area contributed by atoms with Crippen molar-refractivity contribution in [3.63, 3.8) is 0 Å². The second-order valence-electron chi connectivity index (χ2n) is 2.23. The summed E-state index contributed by atoms with van der Waals surface area (Å²) in [5.41, 5.74) is 1.04. The second-order valence-corrected chi connectivity index (χ2v) is 2.23. The molecule has 0 aliphatic carbocycles. The molecule has 1 aromatic rings. The maximum atomic E-state index is 10.9. The lowest BCUT2D eigenvalue weighted by molar-refractivity contribution is 0.138. The molecule has 3 nitrogen and oxygen atoms in total. The molecule has 0 bridgehead atoms. The number of carbonyl (C=O) groups excluding carboxylic acids is 1. The molecule has 2 rings (SSSR count). The zero-order chi connectivity index (χ0) is 6.97. The van der Waals surface area contributed by atoms with E-state index in [0.29, 0.717) is 6.61 Å². The van der Waals surface area contributed by atoms with Crippen molar-refractivity contribution in [3.05, 3.63) is 24.0 Å². The van der Waals surface area contributed by atoms with Crippen LogP contribution in [0.1, 0.15) is 5.69 Å². The number of rotatable bonds is 0. The first-order valence-electron chi connectivity index (χ1n) is 3.21. The van der Waals surface area contributed by atoms with Gasteiger partial charge in [-0.05, 0) is 12.1 Å². The predicted octanol–water partition coefficient (Wildman–Crippen LogP) is 1.03. The van der Waals surface area contributed by atoms with Crippen LogP contribution in [-0.4, -0.2) is 17.3 Å². The summed E-state index contributed by atoms with van der Waals surface area (Å²) < 4.78 is 6.32. The van der Waals surface area contributed by atoms with Crippen LogP contribution in [0.25, 0.3) is 0 Å². The van der Waals surface area contributed by atoms with Crippen molar-refractivity contribution in [3.8, 4) is 0 Å². The van der Waals surface area contributed by atoms with Gasteiger partial charge in [-0.25, -0.2) is 4.79 Å². The fourth-order valence-corrected chi connectivity index (χ4v) is 1.11. The average molecular weight is 137 g/mol. The van der Waals surface area contributed by atoms with Crippen molar-refractivity contribution in [1.29, 1.82) is 0 Å². The van der Waals surface area contributed by atoms with Crippen molar-refractivity contribution < 1.29 is 9.53 Å². The quantitative estimate of drug-likeness (QED) is 0.534. The molecule has 0 saturated heterocycles. The molecule has 1 aliphatic rings. The summed E-state index contributed by atoms with van der Waals surface area (Å²) in [4.78, 5) is 10.9. The molecule has 2 heterocycles. The van der Waals surface area contributed by atoms with Crippen LogP contribution in [0.3, 0.4) is 0 Å². The first-order valence-corrected chi connectivity index (χ1v) is 3.21. The summed E-state index contributed by atoms with van der Waals surface area (Å²) in [6.07, 6.45) is 2.29. The Morgan fingerprint density at radius 2 is 2.50 bits per heavy atom. The number of ether oxygens (including phenoxy) is 1. The Bertz CT molecular complexity index is 264. The Balaban J connectivity index is 2.50. The van der Waals surface area contributed by atoms with Crippen molar-refractivity contribution in [2.24, 2.45) is 0 Å². The highest BCUT2D eigenvalue weighted by atomic mass is 16.6. The van der Waals surface area contributed by atoms with Gasteiger partial charge in [0, 0.05) is 18.3 Å². The van der Waals surface area contributed by atoms with E-state index >= 15 is 0 Å². The number of cyclic esters (lactones) is 1. The third kappa shape index (κ3) is 0.635. The lowest BCUT2D eigenvalue weighted by Gasteiger charge is -2.13. The molecule has 0 fully saturated rings. The van der Waals surface area contributed by atoms with Gasteiger partial charge in [0.25, 0.3) is 0 Å². The van der Waals surface area contributed by atoms with Crippen LogP contribution in [0.2, 0.25) is 0 Å². The van der Waals surface area contributed by atoms with Gasteiger partial charge in [-0.3, -0.25) is 4.57 Å². The van der Waals surface area contributed by atoms with Gasteiger partial charge in [0.1, 0.15) is 0 Å². The lowest BCUT2D eigenvalue weighted by Crippen LogP contribution is -2.22. The standard InChI is InChI=1S/C7H7NO2/c9-7-8-4-1-2-6(8)3-5-10-7/h1-2,4H,3,5H2. The highest BCUT2D eigenvalue weighted by Crippen LogP contribution is 2.08. The molecule has 1 aromatic heterocycles. The normalized spacial score (nSPS) is 16.2. The Hall–Kier alpha value is -1.25. The Morgan fingerprint density at radius 3 is 3.30 bits per heavy atom. The summed E-state index contributed by atoms with van der Waals surface area (Å²) in [5, 5.41) is 0. The molecule has 0 atom stereocenters. The molecule has 3 heteroatoms. The summed E-state index contributed by atoms with van der Waals surface area (Å²) >= 11 is 0. The molecule has 0 radical (unpaired) electrons. The van der Waals surface area contributed by atoms with E-state index in [1.54, 1.807) is 6.20 Å². The zero-order valence-electron chi connectivity index (χ0n) is 5.41. The minimum Gasteiger partial charge on any atom is -0.449 e. The van der Waals surface area contributed by atoms with Gasteiger partial charge < -0.3 is 4.74 Å². The minimum absolute atomic E-state index is 0.258. The van der Waals surface area contributed by atoms with Crippen molar-refractivity contribution in [2.45, 2.75) is 6.42 Å². The van der Waals surface area contributed by atoms with Crippen molar-refractivity contribution in [2.75, 3.05) is 6.61 Å². The Labute approximate surface area is 58.2 Å². The molecule has 0 saturated carbocycles. The van der Waals surface area contributed by atoms with Crippen molar-refractivity contribution in [1.82, 2.24) is 4.57 Å². The molecule has 0 unspecified atom stereocenters. The fourth-order valence-electron chi connectivity index (χ4n) is 1.11. The predicted molar refractivity (Wildman–Crippen MR) is 34.9 cm³/mol. The third-order valence-electron chi connectivity index (χ3n) is 1.61. The van der Waals surface area contributed by atoms with E-state index in [9.17, 15) is 4.79 Å². The van der Waals surface area contributed by atoms with E-state index in [0.717, 1.165) is 12.1 Å². The SMILES string of the molecule is O=C1OCCc2cccn21.